The van der Waals surface area contributed by atoms with Gasteiger partial charge in [-0.2, -0.15) is 0 Å². The molecule has 8 nitrogen and oxygen atoms in total. The number of methoxy groups -OCH3 is 2. The molecule has 0 spiro atoms. The molecule has 0 amide bonds. The molecule has 1 aliphatic carbocycles. The van der Waals surface area contributed by atoms with E-state index in [1.807, 2.05) is 47.0 Å². The van der Waals surface area contributed by atoms with E-state index in [-0.39, 0.29) is 10.9 Å². The van der Waals surface area contributed by atoms with Crippen molar-refractivity contribution in [3.05, 3.63) is 54.6 Å². The molecule has 4 rings (SSSR count). The SMILES string of the molecule is CC[C@@]1(n2c(OC)nnc2OC)CCC[C@H](NS(=O)(=O)c2ccc(-c3ccccc3)cc2)C1. The average molecular weight is 471 g/mol. The molecule has 1 saturated carbocycles. The van der Waals surface area contributed by atoms with E-state index < -0.39 is 15.6 Å². The lowest BCUT2D eigenvalue weighted by atomic mass is 9.77. The molecule has 1 fully saturated rings. The van der Waals surface area contributed by atoms with Crippen LogP contribution in [0.1, 0.15) is 39.0 Å². The summed E-state index contributed by atoms with van der Waals surface area (Å²) in [6.45, 7) is 2.08. The van der Waals surface area contributed by atoms with Crippen LogP contribution in [0.25, 0.3) is 11.1 Å². The summed E-state index contributed by atoms with van der Waals surface area (Å²) in [6, 6.07) is 17.4. The van der Waals surface area contributed by atoms with Gasteiger partial charge < -0.3 is 9.47 Å². The molecule has 1 heterocycles. The van der Waals surface area contributed by atoms with Crippen LogP contribution in [0.4, 0.5) is 0 Å². The van der Waals surface area contributed by atoms with Crippen molar-refractivity contribution in [1.29, 1.82) is 0 Å². The van der Waals surface area contributed by atoms with Crippen molar-refractivity contribution in [2.75, 3.05) is 14.2 Å². The quantitative estimate of drug-likeness (QED) is 0.535. The second kappa shape index (κ2) is 9.52. The van der Waals surface area contributed by atoms with E-state index in [1.165, 1.54) is 0 Å². The van der Waals surface area contributed by atoms with Gasteiger partial charge in [0.05, 0.1) is 24.7 Å². The molecule has 3 aromatic rings. The van der Waals surface area contributed by atoms with E-state index >= 15 is 0 Å². The minimum atomic E-state index is -3.67. The Morgan fingerprint density at radius 3 is 2.18 bits per heavy atom. The molecular formula is C24H30N4O4S. The van der Waals surface area contributed by atoms with E-state index in [0.717, 1.165) is 36.8 Å². The lowest BCUT2D eigenvalue weighted by molar-refractivity contribution is 0.132. The van der Waals surface area contributed by atoms with Gasteiger partial charge in [-0.15, -0.1) is 0 Å². The van der Waals surface area contributed by atoms with E-state index in [4.69, 9.17) is 9.47 Å². The molecule has 33 heavy (non-hydrogen) atoms. The number of hydrogen-bond donors (Lipinski definition) is 1. The van der Waals surface area contributed by atoms with Gasteiger partial charge >= 0.3 is 12.0 Å². The molecule has 0 unspecified atom stereocenters. The fourth-order valence-corrected chi connectivity index (χ4v) is 6.07. The highest BCUT2D eigenvalue weighted by Crippen LogP contribution is 2.42. The van der Waals surface area contributed by atoms with E-state index in [0.29, 0.717) is 18.4 Å². The summed E-state index contributed by atoms with van der Waals surface area (Å²) in [5.74, 6) is 0. The second-order valence-corrected chi connectivity index (χ2v) is 10.1. The van der Waals surface area contributed by atoms with E-state index in [2.05, 4.69) is 21.8 Å². The summed E-state index contributed by atoms with van der Waals surface area (Å²) >= 11 is 0. The van der Waals surface area contributed by atoms with Crippen LogP contribution < -0.4 is 14.2 Å². The van der Waals surface area contributed by atoms with Gasteiger partial charge in [-0.05, 0) is 55.4 Å². The standard InChI is InChI=1S/C24H30N4O4S/c1-4-24(28-22(31-2)25-26-23(28)32-3)16-8-11-20(17-24)27-33(29,30)21-14-12-19(13-15-21)18-9-6-5-7-10-18/h5-7,9-10,12-15,20,27H,4,8,11,16-17H2,1-3H3/t20-,24+/m0/s1. The van der Waals surface area contributed by atoms with E-state index in [9.17, 15) is 8.42 Å². The van der Waals surface area contributed by atoms with Gasteiger partial charge in [0.15, 0.2) is 0 Å². The average Bonchev–Trinajstić information content (AvgIpc) is 3.28. The zero-order valence-electron chi connectivity index (χ0n) is 19.2. The monoisotopic (exact) mass is 470 g/mol. The first kappa shape index (κ1) is 23.3. The summed E-state index contributed by atoms with van der Waals surface area (Å²) in [4.78, 5) is 0.259. The molecule has 176 valence electrons. The highest BCUT2D eigenvalue weighted by Gasteiger charge is 2.42. The van der Waals surface area contributed by atoms with Crippen LogP contribution in [-0.2, 0) is 15.6 Å². The lowest BCUT2D eigenvalue weighted by Crippen LogP contribution is -2.47. The number of aromatic nitrogens is 3. The van der Waals surface area contributed by atoms with Crippen molar-refractivity contribution in [3.8, 4) is 23.1 Å². The topological polar surface area (TPSA) is 95.3 Å². The normalized spacial score (nSPS) is 21.0. The lowest BCUT2D eigenvalue weighted by Gasteiger charge is -2.41. The van der Waals surface area contributed by atoms with Gasteiger partial charge in [0, 0.05) is 6.04 Å². The summed E-state index contributed by atoms with van der Waals surface area (Å²) in [5, 5.41) is 8.16. The first-order valence-electron chi connectivity index (χ1n) is 11.1. The molecule has 0 aliphatic heterocycles. The van der Waals surface area contributed by atoms with Crippen LogP contribution >= 0.6 is 0 Å². The molecule has 0 saturated heterocycles. The van der Waals surface area contributed by atoms with Gasteiger partial charge in [0.2, 0.25) is 10.0 Å². The van der Waals surface area contributed by atoms with Gasteiger partial charge in [0.25, 0.3) is 0 Å². The number of rotatable bonds is 8. The highest BCUT2D eigenvalue weighted by molar-refractivity contribution is 7.89. The van der Waals surface area contributed by atoms with Crippen molar-refractivity contribution in [2.24, 2.45) is 0 Å². The first-order chi connectivity index (χ1) is 15.9. The smallest absolute Gasteiger partial charge is 0.320 e. The molecule has 1 N–H and O–H groups in total. The van der Waals surface area contributed by atoms with Crippen LogP contribution in [0.15, 0.2) is 59.5 Å². The Kier molecular flexibility index (Phi) is 6.71. The zero-order valence-corrected chi connectivity index (χ0v) is 20.0. The Morgan fingerprint density at radius 2 is 1.61 bits per heavy atom. The zero-order chi connectivity index (χ0) is 23.5. The van der Waals surface area contributed by atoms with Crippen LogP contribution in [0.5, 0.6) is 12.0 Å². The highest BCUT2D eigenvalue weighted by atomic mass is 32.2. The van der Waals surface area contributed by atoms with Gasteiger partial charge in [-0.1, -0.05) is 59.6 Å². The number of nitrogens with one attached hydrogen (secondary N) is 1. The molecule has 0 bridgehead atoms. The van der Waals surface area contributed by atoms with Crippen molar-refractivity contribution in [3.63, 3.8) is 0 Å². The maximum atomic E-state index is 13.2. The van der Waals surface area contributed by atoms with Crippen LogP contribution in [0.3, 0.4) is 0 Å². The summed E-state index contributed by atoms with van der Waals surface area (Å²) in [5.41, 5.74) is 1.62. The second-order valence-electron chi connectivity index (χ2n) is 8.39. The maximum absolute atomic E-state index is 13.2. The van der Waals surface area contributed by atoms with Crippen LogP contribution in [-0.4, -0.2) is 43.4 Å². The molecular weight excluding hydrogens is 440 g/mol. The predicted molar refractivity (Wildman–Crippen MR) is 126 cm³/mol. The van der Waals surface area contributed by atoms with Crippen LogP contribution in [0, 0.1) is 0 Å². The van der Waals surface area contributed by atoms with E-state index in [1.54, 1.807) is 26.4 Å². The number of benzene rings is 2. The number of nitrogens with zero attached hydrogens (tertiary/aromatic N) is 3. The van der Waals surface area contributed by atoms with Gasteiger partial charge in [-0.3, -0.25) is 0 Å². The van der Waals surface area contributed by atoms with Gasteiger partial charge in [0.1, 0.15) is 0 Å². The molecule has 9 heteroatoms. The fourth-order valence-electron chi connectivity index (χ4n) is 4.79. The Bertz CT molecular complexity index is 1160. The van der Waals surface area contributed by atoms with Crippen LogP contribution in [0.2, 0.25) is 0 Å². The fraction of sp³-hybridized carbons (Fsp3) is 0.417. The van der Waals surface area contributed by atoms with Crippen molar-refractivity contribution < 1.29 is 17.9 Å². The minimum absolute atomic E-state index is 0.227. The maximum Gasteiger partial charge on any atom is 0.320 e. The number of sulfonamides is 1. The summed E-state index contributed by atoms with van der Waals surface area (Å²) in [7, 11) is -0.576. The molecule has 1 aromatic heterocycles. The number of hydrogen-bond acceptors (Lipinski definition) is 6. The Morgan fingerprint density at radius 1 is 1.00 bits per heavy atom. The Balaban J connectivity index is 1.56. The third-order valence-electron chi connectivity index (χ3n) is 6.52. The first-order valence-corrected chi connectivity index (χ1v) is 12.6. The molecule has 2 aromatic carbocycles. The van der Waals surface area contributed by atoms with Crippen molar-refractivity contribution in [2.45, 2.75) is 55.5 Å². The third kappa shape index (κ3) is 4.60. The van der Waals surface area contributed by atoms with Crippen molar-refractivity contribution >= 4 is 10.0 Å². The van der Waals surface area contributed by atoms with Crippen molar-refractivity contribution in [1.82, 2.24) is 19.5 Å². The molecule has 1 aliphatic rings. The Labute approximate surface area is 195 Å². The molecule has 0 radical (unpaired) electrons. The summed E-state index contributed by atoms with van der Waals surface area (Å²) in [6.07, 6.45) is 3.84. The summed E-state index contributed by atoms with van der Waals surface area (Å²) < 4.78 is 42.1. The largest absolute Gasteiger partial charge is 0.467 e. The predicted octanol–water partition coefficient (Wildman–Crippen LogP) is 3.99. The minimum Gasteiger partial charge on any atom is -0.467 e. The number of ether oxygens (including phenoxy) is 2. The third-order valence-corrected chi connectivity index (χ3v) is 8.05. The molecule has 2 atom stereocenters. The van der Waals surface area contributed by atoms with Gasteiger partial charge in [-0.25, -0.2) is 17.7 Å². The Hall–Kier alpha value is -2.91.